The van der Waals surface area contributed by atoms with Gasteiger partial charge in [-0.2, -0.15) is 10.2 Å². The van der Waals surface area contributed by atoms with E-state index in [2.05, 4.69) is 81.3 Å². The van der Waals surface area contributed by atoms with Crippen LogP contribution in [-0.4, -0.2) is 37.0 Å². The minimum Gasteiger partial charge on any atom is -0.357 e. The molecule has 2 aromatic carbocycles. The van der Waals surface area contributed by atoms with Crippen LogP contribution in [0.1, 0.15) is 29.2 Å². The van der Waals surface area contributed by atoms with Crippen LogP contribution in [0.25, 0.3) is 0 Å². The van der Waals surface area contributed by atoms with Gasteiger partial charge in [0, 0.05) is 25.5 Å². The van der Waals surface area contributed by atoms with E-state index in [0.717, 1.165) is 24.6 Å². The second-order valence-corrected chi connectivity index (χ2v) is 7.43. The van der Waals surface area contributed by atoms with Crippen LogP contribution in [0.15, 0.2) is 84.6 Å². The fourth-order valence-electron chi connectivity index (χ4n) is 3.47. The van der Waals surface area contributed by atoms with Gasteiger partial charge in [-0.15, -0.1) is 24.0 Å². The van der Waals surface area contributed by atoms with Crippen LogP contribution in [0, 0.1) is 0 Å². The number of aromatic nitrogens is 5. The lowest BCUT2D eigenvalue weighted by Crippen LogP contribution is -2.37. The third-order valence-corrected chi connectivity index (χ3v) is 5.02. The van der Waals surface area contributed by atoms with Gasteiger partial charge in [0.05, 0.1) is 19.6 Å². The first kappa shape index (κ1) is 24.4. The van der Waals surface area contributed by atoms with Crippen LogP contribution in [0.4, 0.5) is 0 Å². The molecule has 0 aliphatic heterocycles. The number of hydrogen-bond donors (Lipinski definition) is 2. The van der Waals surface area contributed by atoms with Gasteiger partial charge in [-0.25, -0.2) is 14.7 Å². The molecule has 172 valence electrons. The van der Waals surface area contributed by atoms with Gasteiger partial charge in [-0.3, -0.25) is 4.68 Å². The largest absolute Gasteiger partial charge is 0.357 e. The van der Waals surface area contributed by atoms with Crippen LogP contribution in [0.5, 0.6) is 0 Å². The third kappa shape index (κ3) is 7.41. The zero-order chi connectivity index (χ0) is 22.0. The average Bonchev–Trinajstić information content (AvgIpc) is 3.51. The molecule has 0 atom stereocenters. The number of nitrogens with zero attached hydrogens (tertiary/aromatic N) is 6. The van der Waals surface area contributed by atoms with Crippen molar-refractivity contribution in [2.24, 2.45) is 4.99 Å². The molecule has 2 aromatic heterocycles. The van der Waals surface area contributed by atoms with E-state index in [4.69, 9.17) is 4.99 Å². The zero-order valence-electron chi connectivity index (χ0n) is 18.6. The molecule has 0 aliphatic rings. The van der Waals surface area contributed by atoms with E-state index in [1.165, 1.54) is 16.7 Å². The van der Waals surface area contributed by atoms with Crippen molar-refractivity contribution >= 4 is 29.9 Å². The highest BCUT2D eigenvalue weighted by molar-refractivity contribution is 14.0. The summed E-state index contributed by atoms with van der Waals surface area (Å²) in [4.78, 5) is 8.79. The number of hydrogen-bond acceptors (Lipinski definition) is 4. The molecule has 0 fully saturated rings. The minimum absolute atomic E-state index is 0. The Hall–Kier alpha value is -3.21. The van der Waals surface area contributed by atoms with Crippen molar-refractivity contribution in [2.75, 3.05) is 6.54 Å². The third-order valence-electron chi connectivity index (χ3n) is 5.02. The molecule has 0 amide bonds. The van der Waals surface area contributed by atoms with Crippen LogP contribution in [0.3, 0.4) is 0 Å². The van der Waals surface area contributed by atoms with E-state index >= 15 is 0 Å². The number of nitrogens with one attached hydrogen (secondary N) is 2. The van der Waals surface area contributed by atoms with E-state index in [-0.39, 0.29) is 24.0 Å². The highest BCUT2D eigenvalue weighted by Gasteiger charge is 2.05. The van der Waals surface area contributed by atoms with E-state index in [1.54, 1.807) is 18.9 Å². The maximum absolute atomic E-state index is 4.78. The summed E-state index contributed by atoms with van der Waals surface area (Å²) in [7, 11) is 0. The van der Waals surface area contributed by atoms with Crippen molar-refractivity contribution < 1.29 is 0 Å². The first-order chi connectivity index (χ1) is 15.8. The van der Waals surface area contributed by atoms with E-state index < -0.39 is 0 Å². The van der Waals surface area contributed by atoms with Gasteiger partial charge in [-0.05, 0) is 35.2 Å². The molecule has 33 heavy (non-hydrogen) atoms. The summed E-state index contributed by atoms with van der Waals surface area (Å²) in [5.41, 5.74) is 4.79. The standard InChI is InChI=1S/C24H28N8.HI/c1-2-26-24(27-14-20-7-5-8-21(13-20)16-32-19-25-18-30-32)28-15-22-9-3-4-10-23(22)17-31-12-6-11-29-31;/h3-13,18-19H,2,14-17H2,1H3,(H2,26,27,28);1H. The summed E-state index contributed by atoms with van der Waals surface area (Å²) in [6.07, 6.45) is 7.06. The van der Waals surface area contributed by atoms with Crippen LogP contribution in [-0.2, 0) is 26.2 Å². The van der Waals surface area contributed by atoms with Crippen LogP contribution >= 0.6 is 24.0 Å². The second kappa shape index (κ2) is 12.7. The molecule has 2 N–H and O–H groups in total. The molecular weight excluding hydrogens is 527 g/mol. The van der Waals surface area contributed by atoms with E-state index in [0.29, 0.717) is 19.6 Å². The van der Waals surface area contributed by atoms with Crippen molar-refractivity contribution in [3.63, 3.8) is 0 Å². The Morgan fingerprint density at radius 1 is 0.909 bits per heavy atom. The molecule has 0 saturated carbocycles. The molecular formula is C24H29IN8. The first-order valence-corrected chi connectivity index (χ1v) is 10.8. The molecule has 2 heterocycles. The predicted octanol–water partition coefficient (Wildman–Crippen LogP) is 3.44. The SMILES string of the molecule is CCNC(=NCc1cccc(Cn2cncn2)c1)NCc1ccccc1Cn1cccn1.I. The topological polar surface area (TPSA) is 85.0 Å². The summed E-state index contributed by atoms with van der Waals surface area (Å²) < 4.78 is 3.75. The number of aliphatic imine (C=N–C) groups is 1. The van der Waals surface area contributed by atoms with E-state index in [9.17, 15) is 0 Å². The molecule has 0 saturated heterocycles. The highest BCUT2D eigenvalue weighted by Crippen LogP contribution is 2.11. The van der Waals surface area contributed by atoms with Gasteiger partial charge >= 0.3 is 0 Å². The van der Waals surface area contributed by atoms with Gasteiger partial charge in [0.25, 0.3) is 0 Å². The number of benzene rings is 2. The zero-order valence-corrected chi connectivity index (χ0v) is 21.0. The summed E-state index contributed by atoms with van der Waals surface area (Å²) in [5, 5.41) is 15.3. The van der Waals surface area contributed by atoms with Crippen molar-refractivity contribution in [1.29, 1.82) is 0 Å². The summed E-state index contributed by atoms with van der Waals surface area (Å²) >= 11 is 0. The van der Waals surface area contributed by atoms with Gasteiger partial charge < -0.3 is 10.6 Å². The lowest BCUT2D eigenvalue weighted by molar-refractivity contribution is 0.677. The lowest BCUT2D eigenvalue weighted by atomic mass is 10.1. The number of rotatable bonds is 9. The lowest BCUT2D eigenvalue weighted by Gasteiger charge is -2.14. The van der Waals surface area contributed by atoms with Crippen LogP contribution < -0.4 is 10.6 Å². The number of guanidine groups is 1. The molecule has 0 radical (unpaired) electrons. The molecule has 0 unspecified atom stereocenters. The van der Waals surface area contributed by atoms with Gasteiger partial charge in [0.15, 0.2) is 5.96 Å². The molecule has 4 aromatic rings. The Kier molecular flexibility index (Phi) is 9.43. The van der Waals surface area contributed by atoms with Crippen molar-refractivity contribution in [2.45, 2.75) is 33.1 Å². The normalized spacial score (nSPS) is 11.1. The average molecular weight is 556 g/mol. The Bertz CT molecular complexity index is 1120. The Morgan fingerprint density at radius 3 is 2.52 bits per heavy atom. The Labute approximate surface area is 211 Å². The maximum atomic E-state index is 4.78. The Balaban J connectivity index is 0.00000306. The predicted molar refractivity (Wildman–Crippen MR) is 140 cm³/mol. The molecule has 0 aliphatic carbocycles. The monoisotopic (exact) mass is 556 g/mol. The van der Waals surface area contributed by atoms with Crippen molar-refractivity contribution in [3.05, 3.63) is 102 Å². The van der Waals surface area contributed by atoms with Gasteiger partial charge in [0.2, 0.25) is 0 Å². The quantitative estimate of drug-likeness (QED) is 0.188. The first-order valence-electron chi connectivity index (χ1n) is 10.8. The maximum Gasteiger partial charge on any atom is 0.191 e. The Morgan fingerprint density at radius 2 is 1.76 bits per heavy atom. The highest BCUT2D eigenvalue weighted by atomic mass is 127. The van der Waals surface area contributed by atoms with Gasteiger partial charge in [-0.1, -0.05) is 48.5 Å². The van der Waals surface area contributed by atoms with E-state index in [1.807, 2.05) is 21.6 Å². The molecule has 0 bridgehead atoms. The van der Waals surface area contributed by atoms with Crippen molar-refractivity contribution in [1.82, 2.24) is 35.2 Å². The minimum atomic E-state index is 0. The number of halogens is 1. The van der Waals surface area contributed by atoms with Gasteiger partial charge in [0.1, 0.15) is 12.7 Å². The second-order valence-electron chi connectivity index (χ2n) is 7.43. The molecule has 4 rings (SSSR count). The van der Waals surface area contributed by atoms with Crippen molar-refractivity contribution in [3.8, 4) is 0 Å². The summed E-state index contributed by atoms with van der Waals surface area (Å²) in [6, 6.07) is 18.8. The fourth-order valence-corrected chi connectivity index (χ4v) is 3.47. The fraction of sp³-hybridized carbons (Fsp3) is 0.250. The molecule has 8 nitrogen and oxygen atoms in total. The molecule has 0 spiro atoms. The molecule has 9 heteroatoms. The summed E-state index contributed by atoms with van der Waals surface area (Å²) in [6.45, 7) is 5.60. The summed E-state index contributed by atoms with van der Waals surface area (Å²) in [5.74, 6) is 0.795. The smallest absolute Gasteiger partial charge is 0.191 e. The van der Waals surface area contributed by atoms with Crippen LogP contribution in [0.2, 0.25) is 0 Å².